The number of hydrogen-bond donors (Lipinski definition) is 0. The van der Waals surface area contributed by atoms with Crippen LogP contribution in [0.5, 0.6) is 0 Å². The lowest BCUT2D eigenvalue weighted by Gasteiger charge is -2.07. The predicted octanol–water partition coefficient (Wildman–Crippen LogP) is 2.23. The molecule has 60 valence electrons. The molecule has 1 aromatic carbocycles. The summed E-state index contributed by atoms with van der Waals surface area (Å²) in [5, 5.41) is 0.316. The minimum Gasteiger partial charge on any atom is -0.768 e. The molecule has 2 nitrogen and oxygen atoms in total. The fraction of sp³-hybridized carbons (Fsp3) is 0. The van der Waals surface area contributed by atoms with Crippen molar-refractivity contribution in [2.45, 2.75) is 4.90 Å². The van der Waals surface area contributed by atoms with Gasteiger partial charge in [-0.1, -0.05) is 29.3 Å². The topological polar surface area (TPSA) is 40.1 Å². The molecule has 0 aromatic heterocycles. The zero-order valence-corrected chi connectivity index (χ0v) is 7.54. The molecular weight excluding hydrogens is 207 g/mol. The molecule has 1 atom stereocenters. The molecule has 0 aliphatic heterocycles. The van der Waals surface area contributed by atoms with Crippen LogP contribution >= 0.6 is 23.2 Å². The predicted molar refractivity (Wildman–Crippen MR) is 43.6 cm³/mol. The van der Waals surface area contributed by atoms with Gasteiger partial charge in [0.2, 0.25) is 0 Å². The van der Waals surface area contributed by atoms with Gasteiger partial charge in [-0.3, -0.25) is 4.21 Å². The van der Waals surface area contributed by atoms with E-state index >= 15 is 0 Å². The fourth-order valence-corrected chi connectivity index (χ4v) is 1.60. The molecule has 1 rings (SSSR count). The van der Waals surface area contributed by atoms with E-state index in [1.54, 1.807) is 0 Å². The van der Waals surface area contributed by atoms with Crippen LogP contribution in [0.3, 0.4) is 0 Å². The Kier molecular flexibility index (Phi) is 2.90. The Morgan fingerprint density at radius 2 is 2.00 bits per heavy atom. The molecule has 0 aliphatic rings. The minimum absolute atomic E-state index is 0.0270. The Balaban J connectivity index is 3.27. The number of benzene rings is 1. The molecule has 1 unspecified atom stereocenters. The summed E-state index contributed by atoms with van der Waals surface area (Å²) in [6.07, 6.45) is 0. The summed E-state index contributed by atoms with van der Waals surface area (Å²) >= 11 is 8.80. The van der Waals surface area contributed by atoms with E-state index in [0.717, 1.165) is 0 Å². The van der Waals surface area contributed by atoms with Crippen molar-refractivity contribution >= 4 is 34.3 Å². The molecule has 0 saturated carbocycles. The molecule has 1 aromatic rings. The van der Waals surface area contributed by atoms with Crippen LogP contribution in [0.25, 0.3) is 0 Å². The van der Waals surface area contributed by atoms with Gasteiger partial charge in [0.25, 0.3) is 0 Å². The highest BCUT2D eigenvalue weighted by molar-refractivity contribution is 7.79. The number of rotatable bonds is 1. The van der Waals surface area contributed by atoms with Crippen LogP contribution in [0.4, 0.5) is 0 Å². The Bertz CT molecular complexity index is 301. The molecule has 0 heterocycles. The first-order chi connectivity index (χ1) is 5.13. The van der Waals surface area contributed by atoms with E-state index in [1.807, 2.05) is 0 Å². The lowest BCUT2D eigenvalue weighted by Crippen LogP contribution is -1.89. The Morgan fingerprint density at radius 3 is 2.45 bits per heavy atom. The van der Waals surface area contributed by atoms with Crippen molar-refractivity contribution in [2.75, 3.05) is 0 Å². The largest absolute Gasteiger partial charge is 0.768 e. The summed E-state index contributed by atoms with van der Waals surface area (Å²) in [6.45, 7) is 0. The zero-order chi connectivity index (χ0) is 8.43. The Morgan fingerprint density at radius 1 is 1.36 bits per heavy atom. The first-order valence-electron chi connectivity index (χ1n) is 2.66. The van der Waals surface area contributed by atoms with Crippen LogP contribution < -0.4 is 0 Å². The summed E-state index contributed by atoms with van der Waals surface area (Å²) in [7, 11) is 0. The van der Waals surface area contributed by atoms with Gasteiger partial charge in [0.15, 0.2) is 0 Å². The van der Waals surface area contributed by atoms with Crippen molar-refractivity contribution < 1.29 is 8.76 Å². The maximum absolute atomic E-state index is 10.4. The Labute approximate surface area is 76.4 Å². The van der Waals surface area contributed by atoms with E-state index in [2.05, 4.69) is 0 Å². The van der Waals surface area contributed by atoms with Crippen LogP contribution in [0.15, 0.2) is 23.1 Å². The molecule has 0 radical (unpaired) electrons. The van der Waals surface area contributed by atoms with Gasteiger partial charge in [-0.2, -0.15) is 0 Å². The average Bonchev–Trinajstić information content (AvgIpc) is 1.94. The van der Waals surface area contributed by atoms with Crippen molar-refractivity contribution in [3.63, 3.8) is 0 Å². The molecule has 0 spiro atoms. The van der Waals surface area contributed by atoms with E-state index in [-0.39, 0.29) is 14.9 Å². The van der Waals surface area contributed by atoms with Crippen LogP contribution in [0.1, 0.15) is 0 Å². The standard InChI is InChI=1S/C6H4Cl2O2S/c7-4-2-1-3-5(6(4)8)11(9)10/h1-3H,(H,9,10)/p-1. The van der Waals surface area contributed by atoms with Crippen molar-refractivity contribution in [1.82, 2.24) is 0 Å². The second-order valence-corrected chi connectivity index (χ2v) is 3.48. The summed E-state index contributed by atoms with van der Waals surface area (Å²) < 4.78 is 20.9. The monoisotopic (exact) mass is 209 g/mol. The summed E-state index contributed by atoms with van der Waals surface area (Å²) in [6, 6.07) is 4.44. The van der Waals surface area contributed by atoms with Crippen molar-refractivity contribution in [2.24, 2.45) is 0 Å². The maximum atomic E-state index is 10.4. The smallest absolute Gasteiger partial charge is 0.0742 e. The molecule has 0 amide bonds. The number of halogens is 2. The van der Waals surface area contributed by atoms with Crippen LogP contribution in [0, 0.1) is 0 Å². The molecule has 0 bridgehead atoms. The third-order valence-electron chi connectivity index (χ3n) is 1.10. The first-order valence-corrected chi connectivity index (χ1v) is 4.49. The van der Waals surface area contributed by atoms with E-state index in [9.17, 15) is 8.76 Å². The second-order valence-electron chi connectivity index (χ2n) is 1.79. The van der Waals surface area contributed by atoms with Gasteiger partial charge in [0.1, 0.15) is 0 Å². The van der Waals surface area contributed by atoms with Gasteiger partial charge in [0.05, 0.1) is 10.0 Å². The lowest BCUT2D eigenvalue weighted by atomic mass is 10.4. The third-order valence-corrected chi connectivity index (χ3v) is 2.73. The molecule has 0 fully saturated rings. The minimum atomic E-state index is -2.32. The summed E-state index contributed by atoms with van der Waals surface area (Å²) in [4.78, 5) is 0.0270. The lowest BCUT2D eigenvalue weighted by molar-refractivity contribution is 0.537. The highest BCUT2D eigenvalue weighted by Crippen LogP contribution is 2.26. The van der Waals surface area contributed by atoms with Crippen LogP contribution in [-0.2, 0) is 11.1 Å². The normalized spacial score (nSPS) is 13.0. The van der Waals surface area contributed by atoms with E-state index < -0.39 is 11.1 Å². The molecule has 0 saturated heterocycles. The SMILES string of the molecule is O=S([O-])c1cccc(Cl)c1Cl. The first kappa shape index (κ1) is 9.00. The maximum Gasteiger partial charge on any atom is 0.0742 e. The molecule has 0 N–H and O–H groups in total. The second kappa shape index (κ2) is 3.54. The van der Waals surface area contributed by atoms with Crippen LogP contribution in [0.2, 0.25) is 10.0 Å². The molecular formula is C6H3Cl2O2S-. The van der Waals surface area contributed by atoms with Crippen molar-refractivity contribution in [1.29, 1.82) is 0 Å². The highest BCUT2D eigenvalue weighted by atomic mass is 35.5. The van der Waals surface area contributed by atoms with E-state index in [0.29, 0.717) is 0 Å². The van der Waals surface area contributed by atoms with Crippen molar-refractivity contribution in [3.8, 4) is 0 Å². The summed E-state index contributed by atoms with van der Waals surface area (Å²) in [5.74, 6) is 0. The molecule has 0 aliphatic carbocycles. The van der Waals surface area contributed by atoms with Gasteiger partial charge < -0.3 is 4.55 Å². The van der Waals surface area contributed by atoms with Gasteiger partial charge in [0, 0.05) is 4.90 Å². The van der Waals surface area contributed by atoms with Gasteiger partial charge in [-0.15, -0.1) is 0 Å². The Hall–Kier alpha value is -0.0900. The third kappa shape index (κ3) is 1.93. The highest BCUT2D eigenvalue weighted by Gasteiger charge is 2.02. The van der Waals surface area contributed by atoms with Gasteiger partial charge in [-0.05, 0) is 23.2 Å². The molecule has 11 heavy (non-hydrogen) atoms. The average molecular weight is 210 g/mol. The number of hydrogen-bond acceptors (Lipinski definition) is 2. The van der Waals surface area contributed by atoms with Crippen molar-refractivity contribution in [3.05, 3.63) is 28.2 Å². The van der Waals surface area contributed by atoms with Gasteiger partial charge >= 0.3 is 0 Å². The quantitative estimate of drug-likeness (QED) is 0.666. The van der Waals surface area contributed by atoms with Gasteiger partial charge in [-0.25, -0.2) is 0 Å². The van der Waals surface area contributed by atoms with E-state index in [4.69, 9.17) is 23.2 Å². The summed E-state index contributed by atoms with van der Waals surface area (Å²) in [5.41, 5.74) is 0. The van der Waals surface area contributed by atoms with Crippen LogP contribution in [-0.4, -0.2) is 8.76 Å². The van der Waals surface area contributed by atoms with E-state index in [1.165, 1.54) is 18.2 Å². The zero-order valence-electron chi connectivity index (χ0n) is 5.21. The molecule has 5 heteroatoms. The fourth-order valence-electron chi connectivity index (χ4n) is 0.613.